The number of benzene rings is 1. The summed E-state index contributed by atoms with van der Waals surface area (Å²) >= 11 is 0. The van der Waals surface area contributed by atoms with Crippen molar-refractivity contribution in [3.05, 3.63) is 65.3 Å². The first-order valence-electron chi connectivity index (χ1n) is 8.20. The van der Waals surface area contributed by atoms with Crippen LogP contribution in [-0.2, 0) is 21.7 Å². The summed E-state index contributed by atoms with van der Waals surface area (Å²) in [5, 5.41) is 0. The van der Waals surface area contributed by atoms with E-state index in [1.54, 1.807) is 0 Å². The van der Waals surface area contributed by atoms with Crippen molar-refractivity contribution in [2.45, 2.75) is 33.1 Å². The summed E-state index contributed by atoms with van der Waals surface area (Å²) < 4.78 is 0. The first-order valence-corrected chi connectivity index (χ1v) is 8.20. The summed E-state index contributed by atoms with van der Waals surface area (Å²) in [6, 6.07) is 8.65. The SMILES string of the molecule is CCCC[NH-].C[CH-]c1ccccc1C1=C(CN(C)C)C=CC1.Cl.Cl.[Ti+2]. The fraction of sp³-hybridized carbons (Fsp3) is 0.450. The van der Waals surface area contributed by atoms with Crippen LogP contribution < -0.4 is 0 Å². The Morgan fingerprint density at radius 3 is 2.28 bits per heavy atom. The Hall–Kier alpha value is -0.216. The van der Waals surface area contributed by atoms with Gasteiger partial charge in [0.25, 0.3) is 0 Å². The Morgan fingerprint density at radius 1 is 1.16 bits per heavy atom. The van der Waals surface area contributed by atoms with E-state index in [2.05, 4.69) is 75.7 Å². The van der Waals surface area contributed by atoms with Crippen molar-refractivity contribution < 1.29 is 21.7 Å². The maximum absolute atomic E-state index is 6.60. The van der Waals surface area contributed by atoms with Gasteiger partial charge in [-0.05, 0) is 26.1 Å². The van der Waals surface area contributed by atoms with Crippen LogP contribution in [0.4, 0.5) is 0 Å². The Balaban J connectivity index is -0.000000539. The third kappa shape index (κ3) is 10.5. The van der Waals surface area contributed by atoms with Crippen LogP contribution >= 0.6 is 24.8 Å². The molecule has 2 rings (SSSR count). The molecule has 140 valence electrons. The normalized spacial score (nSPS) is 11.8. The first-order chi connectivity index (χ1) is 10.6. The van der Waals surface area contributed by atoms with E-state index in [0.717, 1.165) is 25.8 Å². The Kier molecular flexibility index (Phi) is 20.3. The number of hydrogen-bond acceptors (Lipinski definition) is 1. The molecule has 0 saturated heterocycles. The molecule has 0 heterocycles. The summed E-state index contributed by atoms with van der Waals surface area (Å²) in [6.45, 7) is 5.81. The summed E-state index contributed by atoms with van der Waals surface area (Å²) in [5.74, 6) is 0. The molecule has 0 bridgehead atoms. The van der Waals surface area contributed by atoms with Crippen molar-refractivity contribution in [1.82, 2.24) is 4.90 Å². The molecule has 1 aromatic carbocycles. The van der Waals surface area contributed by atoms with Crippen LogP contribution in [0.1, 0.15) is 44.2 Å². The van der Waals surface area contributed by atoms with Crippen LogP contribution in [-0.4, -0.2) is 32.1 Å². The fourth-order valence-corrected chi connectivity index (χ4v) is 2.52. The smallest absolute Gasteiger partial charge is 0.677 e. The predicted molar refractivity (Wildman–Crippen MR) is 113 cm³/mol. The summed E-state index contributed by atoms with van der Waals surface area (Å²) in [6.07, 6.45) is 9.99. The molecular formula is C20H32Cl2N2Ti. The van der Waals surface area contributed by atoms with Gasteiger partial charge in [-0.1, -0.05) is 50.5 Å². The second kappa shape index (κ2) is 17.2. The van der Waals surface area contributed by atoms with Crippen LogP contribution in [0.5, 0.6) is 0 Å². The molecule has 5 heteroatoms. The fourth-order valence-electron chi connectivity index (χ4n) is 2.52. The molecule has 0 atom stereocenters. The first kappa shape index (κ1) is 29.5. The summed E-state index contributed by atoms with van der Waals surface area (Å²) in [5.41, 5.74) is 12.3. The van der Waals surface area contributed by atoms with E-state index in [0.29, 0.717) is 6.54 Å². The minimum Gasteiger partial charge on any atom is -0.677 e. The third-order valence-electron chi connectivity index (χ3n) is 3.64. The van der Waals surface area contributed by atoms with E-state index in [9.17, 15) is 0 Å². The number of hydrogen-bond donors (Lipinski definition) is 0. The zero-order valence-electron chi connectivity index (χ0n) is 15.8. The van der Waals surface area contributed by atoms with Crippen molar-refractivity contribution in [2.75, 3.05) is 27.2 Å². The molecule has 0 fully saturated rings. The van der Waals surface area contributed by atoms with Crippen LogP contribution in [0.2, 0.25) is 0 Å². The molecule has 0 amide bonds. The van der Waals surface area contributed by atoms with Crippen molar-refractivity contribution >= 4 is 30.4 Å². The molecule has 1 aliphatic rings. The molecule has 2 nitrogen and oxygen atoms in total. The van der Waals surface area contributed by atoms with Gasteiger partial charge in [0.05, 0.1) is 0 Å². The van der Waals surface area contributed by atoms with Crippen molar-refractivity contribution in [2.24, 2.45) is 0 Å². The second-order valence-electron chi connectivity index (χ2n) is 5.83. The van der Waals surface area contributed by atoms with Gasteiger partial charge in [0.1, 0.15) is 0 Å². The Morgan fingerprint density at radius 2 is 1.80 bits per heavy atom. The molecule has 0 saturated carbocycles. The maximum Gasteiger partial charge on any atom is 2.00 e. The molecule has 1 N–H and O–H groups in total. The molecule has 1 aromatic rings. The van der Waals surface area contributed by atoms with Crippen molar-refractivity contribution in [3.63, 3.8) is 0 Å². The maximum atomic E-state index is 6.60. The number of likely N-dealkylation sites (N-methyl/N-ethyl adjacent to an activating group) is 1. The molecule has 0 radical (unpaired) electrons. The Bertz CT molecular complexity index is 512. The zero-order chi connectivity index (χ0) is 16.4. The monoisotopic (exact) mass is 418 g/mol. The van der Waals surface area contributed by atoms with Crippen LogP contribution in [0.25, 0.3) is 11.3 Å². The van der Waals surface area contributed by atoms with Gasteiger partial charge in [0, 0.05) is 6.54 Å². The molecule has 1 aliphatic carbocycles. The number of allylic oxidation sites excluding steroid dienone is 2. The van der Waals surface area contributed by atoms with Gasteiger partial charge in [0.2, 0.25) is 0 Å². The summed E-state index contributed by atoms with van der Waals surface area (Å²) in [7, 11) is 4.24. The number of rotatable bonds is 6. The molecule has 0 unspecified atom stereocenters. The van der Waals surface area contributed by atoms with E-state index in [1.165, 1.54) is 22.3 Å². The van der Waals surface area contributed by atoms with Crippen LogP contribution in [0, 0.1) is 6.42 Å². The third-order valence-corrected chi connectivity index (χ3v) is 3.64. The quantitative estimate of drug-likeness (QED) is 0.398. The van der Waals surface area contributed by atoms with E-state index < -0.39 is 0 Å². The molecule has 25 heavy (non-hydrogen) atoms. The number of unbranched alkanes of at least 4 members (excludes halogenated alkanes) is 1. The second-order valence-corrected chi connectivity index (χ2v) is 5.83. The van der Waals surface area contributed by atoms with Gasteiger partial charge < -0.3 is 10.6 Å². The number of nitrogens with zero attached hydrogens (tertiary/aromatic N) is 1. The van der Waals surface area contributed by atoms with Crippen molar-refractivity contribution in [3.8, 4) is 0 Å². The minimum atomic E-state index is 0. The van der Waals surface area contributed by atoms with Gasteiger partial charge in [-0.2, -0.15) is 24.6 Å². The summed E-state index contributed by atoms with van der Waals surface area (Å²) in [4.78, 5) is 2.23. The van der Waals surface area contributed by atoms with E-state index in [1.807, 2.05) is 0 Å². The van der Waals surface area contributed by atoms with Crippen molar-refractivity contribution in [1.29, 1.82) is 0 Å². The zero-order valence-corrected chi connectivity index (χ0v) is 19.0. The largest absolute Gasteiger partial charge is 2.00 e. The van der Waals surface area contributed by atoms with Gasteiger partial charge in [-0.15, -0.1) is 42.5 Å². The minimum absolute atomic E-state index is 0. The topological polar surface area (TPSA) is 27.0 Å². The molecular weight excluding hydrogens is 387 g/mol. The molecule has 0 aromatic heterocycles. The Labute approximate surface area is 182 Å². The van der Waals surface area contributed by atoms with Gasteiger partial charge >= 0.3 is 21.7 Å². The van der Waals surface area contributed by atoms with E-state index in [-0.39, 0.29) is 46.5 Å². The van der Waals surface area contributed by atoms with Crippen LogP contribution in [0.3, 0.4) is 0 Å². The number of halogens is 2. The molecule has 0 aliphatic heterocycles. The van der Waals surface area contributed by atoms with Gasteiger partial charge in [0.15, 0.2) is 0 Å². The molecule has 0 spiro atoms. The standard InChI is InChI=1S/C16H20N.C4H10N.2ClH.Ti/c1-4-13-8-5-6-10-15(13)16-11-7-9-14(16)12-17(2)3;1-2-3-4-5;;;/h4-10H,11-12H2,1-3H3;5H,2-4H2,1H3;2*1H;/q2*-1;;;+2. The van der Waals surface area contributed by atoms with Gasteiger partial charge in [-0.3, -0.25) is 0 Å². The van der Waals surface area contributed by atoms with Gasteiger partial charge in [-0.25, -0.2) is 0 Å². The number of nitrogens with one attached hydrogen (secondary N) is 1. The van der Waals surface area contributed by atoms with Crippen LogP contribution in [0.15, 0.2) is 42.0 Å². The van der Waals surface area contributed by atoms with E-state index >= 15 is 0 Å². The average Bonchev–Trinajstić information content (AvgIpc) is 2.96. The van der Waals surface area contributed by atoms with E-state index in [4.69, 9.17) is 5.73 Å². The predicted octanol–water partition coefficient (Wildman–Crippen LogP) is 6.21. The average molecular weight is 419 g/mol.